The predicted molar refractivity (Wildman–Crippen MR) is 92.3 cm³/mol. The fourth-order valence-electron chi connectivity index (χ4n) is 1.94. The first-order chi connectivity index (χ1) is 10.4. The smallest absolute Gasteiger partial charge is 0.407 e. The molecule has 130 valence electrons. The number of alkyl carbamates (subject to hydrolysis) is 1. The number of anilines is 1. The van der Waals surface area contributed by atoms with Crippen LogP contribution in [0.25, 0.3) is 0 Å². The molecule has 0 bridgehead atoms. The molecule has 0 unspecified atom stereocenters. The van der Waals surface area contributed by atoms with Crippen molar-refractivity contribution in [2.45, 2.75) is 40.2 Å². The first kappa shape index (κ1) is 19.3. The normalized spacial score (nSPS) is 11.9. The molecular formula is C16H26N2O4S. The molecule has 0 aliphatic heterocycles. The number of aryl methyl sites for hydroxylation is 2. The summed E-state index contributed by atoms with van der Waals surface area (Å²) in [6, 6.07) is 5.46. The van der Waals surface area contributed by atoms with E-state index in [2.05, 4.69) is 5.32 Å². The number of hydrogen-bond donors (Lipinski definition) is 1. The number of benzene rings is 1. The van der Waals surface area contributed by atoms with Crippen molar-refractivity contribution in [1.29, 1.82) is 0 Å². The van der Waals surface area contributed by atoms with Crippen LogP contribution in [0.4, 0.5) is 10.5 Å². The van der Waals surface area contributed by atoms with Gasteiger partial charge in [0.15, 0.2) is 0 Å². The van der Waals surface area contributed by atoms with Crippen LogP contribution in [0.1, 0.15) is 31.9 Å². The highest BCUT2D eigenvalue weighted by Gasteiger charge is 2.19. The summed E-state index contributed by atoms with van der Waals surface area (Å²) in [4.78, 5) is 11.6. The molecule has 23 heavy (non-hydrogen) atoms. The molecule has 1 amide bonds. The number of sulfonamides is 1. The van der Waals surface area contributed by atoms with E-state index in [0.29, 0.717) is 5.69 Å². The van der Waals surface area contributed by atoms with Gasteiger partial charge >= 0.3 is 6.09 Å². The fraction of sp³-hybridized carbons (Fsp3) is 0.562. The molecule has 1 rings (SSSR count). The highest BCUT2D eigenvalue weighted by Crippen LogP contribution is 2.20. The van der Waals surface area contributed by atoms with Gasteiger partial charge in [-0.2, -0.15) is 0 Å². The van der Waals surface area contributed by atoms with Gasteiger partial charge in [0.05, 0.1) is 18.5 Å². The Kier molecular flexibility index (Phi) is 6.04. The van der Waals surface area contributed by atoms with Gasteiger partial charge in [0, 0.05) is 6.54 Å². The second kappa shape index (κ2) is 7.21. The first-order valence-corrected chi connectivity index (χ1v) is 9.27. The Hall–Kier alpha value is -1.76. The molecule has 0 spiro atoms. The van der Waals surface area contributed by atoms with Gasteiger partial charge in [-0.3, -0.25) is 4.31 Å². The molecule has 6 nitrogen and oxygen atoms in total. The lowest BCUT2D eigenvalue weighted by atomic mass is 10.1. The number of carbonyl (C=O) groups excluding carboxylic acids is 1. The zero-order valence-corrected chi connectivity index (χ0v) is 15.5. The van der Waals surface area contributed by atoms with Crippen LogP contribution in [0.3, 0.4) is 0 Å². The molecule has 0 aliphatic carbocycles. The third kappa shape index (κ3) is 6.48. The van der Waals surface area contributed by atoms with E-state index in [1.807, 2.05) is 26.0 Å². The molecule has 7 heteroatoms. The molecule has 0 aromatic heterocycles. The summed E-state index contributed by atoms with van der Waals surface area (Å²) in [7, 11) is -3.44. The summed E-state index contributed by atoms with van der Waals surface area (Å²) in [5.41, 5.74) is 2.10. The summed E-state index contributed by atoms with van der Waals surface area (Å²) >= 11 is 0. The monoisotopic (exact) mass is 342 g/mol. The van der Waals surface area contributed by atoms with Crippen LogP contribution in [-0.4, -0.2) is 39.5 Å². The zero-order valence-electron chi connectivity index (χ0n) is 14.6. The first-order valence-electron chi connectivity index (χ1n) is 7.42. The van der Waals surface area contributed by atoms with Gasteiger partial charge in [-0.1, -0.05) is 6.07 Å². The highest BCUT2D eigenvalue weighted by atomic mass is 32.2. The van der Waals surface area contributed by atoms with Crippen LogP contribution in [0.15, 0.2) is 18.2 Å². The quantitative estimate of drug-likeness (QED) is 0.892. The number of nitrogens with zero attached hydrogens (tertiary/aromatic N) is 1. The van der Waals surface area contributed by atoms with Crippen LogP contribution in [-0.2, 0) is 14.8 Å². The molecule has 0 saturated heterocycles. The Bertz CT molecular complexity index is 663. The Morgan fingerprint density at radius 2 is 1.83 bits per heavy atom. The third-order valence-electron chi connectivity index (χ3n) is 3.16. The molecule has 0 aliphatic rings. The van der Waals surface area contributed by atoms with Gasteiger partial charge in [0.25, 0.3) is 0 Å². The minimum absolute atomic E-state index is 0.139. The van der Waals surface area contributed by atoms with Crippen LogP contribution in [0, 0.1) is 13.8 Å². The Balaban J connectivity index is 2.78. The average Bonchev–Trinajstić information content (AvgIpc) is 2.34. The van der Waals surface area contributed by atoms with Gasteiger partial charge in [-0.25, -0.2) is 13.2 Å². The van der Waals surface area contributed by atoms with Crippen molar-refractivity contribution in [2.75, 3.05) is 23.7 Å². The zero-order chi connectivity index (χ0) is 17.8. The van der Waals surface area contributed by atoms with E-state index in [-0.39, 0.29) is 13.1 Å². The summed E-state index contributed by atoms with van der Waals surface area (Å²) in [5, 5.41) is 2.57. The fourth-order valence-corrected chi connectivity index (χ4v) is 2.86. The lowest BCUT2D eigenvalue weighted by Gasteiger charge is -2.24. The summed E-state index contributed by atoms with van der Waals surface area (Å²) in [5.74, 6) is 0. The van der Waals surface area contributed by atoms with Crippen molar-refractivity contribution in [1.82, 2.24) is 5.32 Å². The lowest BCUT2D eigenvalue weighted by molar-refractivity contribution is 0.0529. The van der Waals surface area contributed by atoms with E-state index in [9.17, 15) is 13.2 Å². The Labute approximate surface area is 138 Å². The molecule has 0 atom stereocenters. The van der Waals surface area contributed by atoms with Crippen LogP contribution < -0.4 is 9.62 Å². The number of rotatable bonds is 5. The van der Waals surface area contributed by atoms with Crippen LogP contribution in [0.2, 0.25) is 0 Å². The molecule has 0 fully saturated rings. The van der Waals surface area contributed by atoms with Gasteiger partial charge in [0.1, 0.15) is 5.60 Å². The van der Waals surface area contributed by atoms with E-state index in [0.717, 1.165) is 17.4 Å². The number of carbonyl (C=O) groups is 1. The molecule has 1 aromatic carbocycles. The summed E-state index contributed by atoms with van der Waals surface area (Å²) in [6.45, 7) is 9.50. The van der Waals surface area contributed by atoms with Crippen molar-refractivity contribution in [3.05, 3.63) is 29.3 Å². The van der Waals surface area contributed by atoms with E-state index in [4.69, 9.17) is 4.74 Å². The topological polar surface area (TPSA) is 75.7 Å². The number of hydrogen-bond acceptors (Lipinski definition) is 4. The summed E-state index contributed by atoms with van der Waals surface area (Å²) < 4.78 is 30.4. The maximum Gasteiger partial charge on any atom is 0.407 e. The Morgan fingerprint density at radius 3 is 2.30 bits per heavy atom. The Morgan fingerprint density at radius 1 is 1.22 bits per heavy atom. The van der Waals surface area contributed by atoms with Crippen molar-refractivity contribution < 1.29 is 17.9 Å². The predicted octanol–water partition coefficient (Wildman–Crippen LogP) is 2.59. The van der Waals surface area contributed by atoms with Crippen LogP contribution >= 0.6 is 0 Å². The second-order valence-corrected chi connectivity index (χ2v) is 8.44. The van der Waals surface area contributed by atoms with Gasteiger partial charge in [-0.05, 0) is 57.9 Å². The van der Waals surface area contributed by atoms with Crippen molar-refractivity contribution in [3.63, 3.8) is 0 Å². The summed E-state index contributed by atoms with van der Waals surface area (Å²) in [6.07, 6.45) is 0.585. The number of ether oxygens (including phenoxy) is 1. The van der Waals surface area contributed by atoms with Crippen molar-refractivity contribution in [3.8, 4) is 0 Å². The molecule has 1 aromatic rings. The minimum Gasteiger partial charge on any atom is -0.444 e. The second-order valence-electron chi connectivity index (χ2n) is 6.53. The van der Waals surface area contributed by atoms with Gasteiger partial charge in [-0.15, -0.1) is 0 Å². The standard InChI is InChI=1S/C16H26N2O4S/c1-12-7-8-14(11-13(12)2)18(23(6,20)21)10-9-17-15(19)22-16(3,4)5/h7-8,11H,9-10H2,1-6H3,(H,17,19). The molecule has 0 saturated carbocycles. The number of amides is 1. The lowest BCUT2D eigenvalue weighted by Crippen LogP contribution is -2.40. The van der Waals surface area contributed by atoms with Gasteiger partial charge in [0.2, 0.25) is 10.0 Å². The number of nitrogens with one attached hydrogen (secondary N) is 1. The molecule has 1 N–H and O–H groups in total. The maximum atomic E-state index is 12.0. The minimum atomic E-state index is -3.44. The molecule has 0 heterocycles. The SMILES string of the molecule is Cc1ccc(N(CCNC(=O)OC(C)(C)C)S(C)(=O)=O)cc1C. The maximum absolute atomic E-state index is 12.0. The van der Waals surface area contributed by atoms with Crippen molar-refractivity contribution in [2.24, 2.45) is 0 Å². The van der Waals surface area contributed by atoms with Crippen LogP contribution in [0.5, 0.6) is 0 Å². The van der Waals surface area contributed by atoms with Crippen molar-refractivity contribution >= 4 is 21.8 Å². The average molecular weight is 342 g/mol. The van der Waals surface area contributed by atoms with E-state index in [1.54, 1.807) is 26.8 Å². The van der Waals surface area contributed by atoms with E-state index < -0.39 is 21.7 Å². The molecule has 0 radical (unpaired) electrons. The largest absolute Gasteiger partial charge is 0.444 e. The third-order valence-corrected chi connectivity index (χ3v) is 4.36. The van der Waals surface area contributed by atoms with E-state index in [1.165, 1.54) is 4.31 Å². The van der Waals surface area contributed by atoms with Gasteiger partial charge < -0.3 is 10.1 Å². The molecular weight excluding hydrogens is 316 g/mol. The van der Waals surface area contributed by atoms with E-state index >= 15 is 0 Å². The highest BCUT2D eigenvalue weighted by molar-refractivity contribution is 7.92.